The third-order valence-electron chi connectivity index (χ3n) is 5.43. The van der Waals surface area contributed by atoms with Crippen LogP contribution in [0.5, 0.6) is 5.75 Å². The number of likely N-dealkylation sites (N-methyl/N-ethyl adjacent to an activating group) is 1. The molecule has 1 atom stereocenters. The monoisotopic (exact) mass is 465 g/mol. The lowest BCUT2D eigenvalue weighted by Crippen LogP contribution is -2.34. The van der Waals surface area contributed by atoms with Crippen molar-refractivity contribution in [3.8, 4) is 5.75 Å². The number of nitrogens with zero attached hydrogens (tertiary/aromatic N) is 2. The number of nitrogens with one attached hydrogen (secondary N) is 1. The van der Waals surface area contributed by atoms with Crippen molar-refractivity contribution in [3.63, 3.8) is 0 Å². The summed E-state index contributed by atoms with van der Waals surface area (Å²) in [4.78, 5) is 14.8. The molecule has 0 aromatic heterocycles. The summed E-state index contributed by atoms with van der Waals surface area (Å²) >= 11 is 6.19. The molecule has 1 saturated heterocycles. The van der Waals surface area contributed by atoms with E-state index in [9.17, 15) is 13.2 Å². The van der Waals surface area contributed by atoms with Gasteiger partial charge in [0.15, 0.2) is 0 Å². The lowest BCUT2D eigenvalue weighted by atomic mass is 10.1. The number of benzene rings is 2. The molecule has 0 saturated carbocycles. The van der Waals surface area contributed by atoms with Gasteiger partial charge in [0.25, 0.3) is 5.91 Å². The molecule has 9 heteroatoms. The van der Waals surface area contributed by atoms with Gasteiger partial charge in [0.1, 0.15) is 10.6 Å². The smallest absolute Gasteiger partial charge is 0.251 e. The Morgan fingerprint density at radius 2 is 1.90 bits per heavy atom. The fourth-order valence-corrected chi connectivity index (χ4v) is 5.67. The Balaban J connectivity index is 1.78. The molecular formula is C22H28ClN3O4S. The van der Waals surface area contributed by atoms with Crippen molar-refractivity contribution in [2.45, 2.75) is 23.8 Å². The van der Waals surface area contributed by atoms with E-state index < -0.39 is 10.0 Å². The van der Waals surface area contributed by atoms with Crippen molar-refractivity contribution in [1.82, 2.24) is 14.5 Å². The Labute approximate surface area is 189 Å². The van der Waals surface area contributed by atoms with Crippen LogP contribution in [0, 0.1) is 0 Å². The highest BCUT2D eigenvalue weighted by molar-refractivity contribution is 7.89. The molecule has 0 spiro atoms. The number of hydrogen-bond donors (Lipinski definition) is 1. The number of rotatable bonds is 8. The molecule has 2 aromatic rings. The lowest BCUT2D eigenvalue weighted by molar-refractivity contribution is 0.0941. The lowest BCUT2D eigenvalue weighted by Gasteiger charge is -2.25. The molecule has 1 N–H and O–H groups in total. The quantitative estimate of drug-likeness (QED) is 0.647. The first-order chi connectivity index (χ1) is 14.7. The number of halogens is 1. The summed E-state index contributed by atoms with van der Waals surface area (Å²) in [5, 5.41) is 3.03. The molecule has 0 aliphatic carbocycles. The normalized spacial score (nSPS) is 15.8. The number of sulfonamides is 1. The van der Waals surface area contributed by atoms with E-state index in [4.69, 9.17) is 16.3 Å². The van der Waals surface area contributed by atoms with Gasteiger partial charge in [-0.3, -0.25) is 4.79 Å². The molecule has 7 nitrogen and oxygen atoms in total. The van der Waals surface area contributed by atoms with Gasteiger partial charge in [-0.1, -0.05) is 23.7 Å². The predicted octanol–water partition coefficient (Wildman–Crippen LogP) is 3.17. The molecule has 1 fully saturated rings. The van der Waals surface area contributed by atoms with Crippen LogP contribution >= 0.6 is 11.6 Å². The molecule has 31 heavy (non-hydrogen) atoms. The van der Waals surface area contributed by atoms with E-state index in [0.29, 0.717) is 19.6 Å². The van der Waals surface area contributed by atoms with Crippen molar-refractivity contribution < 1.29 is 17.9 Å². The van der Waals surface area contributed by atoms with Crippen molar-refractivity contribution in [2.75, 3.05) is 40.8 Å². The van der Waals surface area contributed by atoms with E-state index in [2.05, 4.69) is 5.32 Å². The third kappa shape index (κ3) is 5.38. The van der Waals surface area contributed by atoms with Gasteiger partial charge in [0.05, 0.1) is 18.2 Å². The fourth-order valence-electron chi connectivity index (χ4n) is 3.65. The first kappa shape index (κ1) is 23.5. The van der Waals surface area contributed by atoms with Crippen LogP contribution in [0.15, 0.2) is 47.4 Å². The van der Waals surface area contributed by atoms with Gasteiger partial charge in [-0.25, -0.2) is 8.42 Å². The Kier molecular flexibility index (Phi) is 7.59. The van der Waals surface area contributed by atoms with Crippen LogP contribution in [0.4, 0.5) is 0 Å². The summed E-state index contributed by atoms with van der Waals surface area (Å²) in [6, 6.07) is 12.0. The van der Waals surface area contributed by atoms with E-state index in [1.165, 1.54) is 22.5 Å². The standard InChI is InChI=1S/C22H28ClN3O4S/c1-25(2)20(16-7-6-8-18(13-16)30-3)15-24-22(27)17-9-10-19(23)21(14-17)31(28,29)26-11-4-5-12-26/h6-10,13-14,20H,4-5,11-12,15H2,1-3H3,(H,24,27)/t20-/m1/s1. The van der Waals surface area contributed by atoms with Crippen molar-refractivity contribution >= 4 is 27.5 Å². The number of hydrogen-bond acceptors (Lipinski definition) is 5. The molecule has 1 heterocycles. The summed E-state index contributed by atoms with van der Waals surface area (Å²) in [7, 11) is 1.75. The number of methoxy groups -OCH3 is 1. The van der Waals surface area contributed by atoms with Crippen molar-refractivity contribution in [3.05, 3.63) is 58.6 Å². The van der Waals surface area contributed by atoms with Crippen LogP contribution in [0.25, 0.3) is 0 Å². The number of carbonyl (C=O) groups is 1. The van der Waals surface area contributed by atoms with Gasteiger partial charge in [-0.2, -0.15) is 4.31 Å². The van der Waals surface area contributed by atoms with Crippen LogP contribution < -0.4 is 10.1 Å². The van der Waals surface area contributed by atoms with Gasteiger partial charge >= 0.3 is 0 Å². The summed E-state index contributed by atoms with van der Waals surface area (Å²) in [6.07, 6.45) is 1.65. The second-order valence-corrected chi connectivity index (χ2v) is 10.0. The molecule has 0 bridgehead atoms. The van der Waals surface area contributed by atoms with Crippen molar-refractivity contribution in [1.29, 1.82) is 0 Å². The number of carbonyl (C=O) groups excluding carboxylic acids is 1. The molecule has 1 aliphatic rings. The van der Waals surface area contributed by atoms with Gasteiger partial charge in [0.2, 0.25) is 10.0 Å². The summed E-state index contributed by atoms with van der Waals surface area (Å²) in [5.41, 5.74) is 1.25. The molecule has 1 aliphatic heterocycles. The molecular weight excluding hydrogens is 438 g/mol. The van der Waals surface area contributed by atoms with Crippen LogP contribution in [-0.2, 0) is 10.0 Å². The second kappa shape index (κ2) is 9.99. The summed E-state index contributed by atoms with van der Waals surface area (Å²) in [6.45, 7) is 1.29. The van der Waals surface area contributed by atoms with Crippen LogP contribution in [0.3, 0.4) is 0 Å². The van der Waals surface area contributed by atoms with E-state index in [1.54, 1.807) is 7.11 Å². The number of amides is 1. The number of ether oxygens (including phenoxy) is 1. The Morgan fingerprint density at radius 1 is 1.19 bits per heavy atom. The van der Waals surface area contributed by atoms with Crippen LogP contribution in [0.1, 0.15) is 34.8 Å². The second-order valence-electron chi connectivity index (χ2n) is 7.72. The predicted molar refractivity (Wildman–Crippen MR) is 121 cm³/mol. The highest BCUT2D eigenvalue weighted by Crippen LogP contribution is 2.28. The highest BCUT2D eigenvalue weighted by atomic mass is 35.5. The summed E-state index contributed by atoms with van der Waals surface area (Å²) < 4.78 is 32.6. The molecule has 0 unspecified atom stereocenters. The van der Waals surface area contributed by atoms with Gasteiger partial charge < -0.3 is 15.0 Å². The maximum atomic E-state index is 12.9. The van der Waals surface area contributed by atoms with Crippen molar-refractivity contribution in [2.24, 2.45) is 0 Å². The maximum absolute atomic E-state index is 12.9. The third-order valence-corrected chi connectivity index (χ3v) is 7.81. The molecule has 2 aromatic carbocycles. The van der Waals surface area contributed by atoms with E-state index >= 15 is 0 Å². The minimum Gasteiger partial charge on any atom is -0.497 e. The highest BCUT2D eigenvalue weighted by Gasteiger charge is 2.30. The molecule has 1 amide bonds. The zero-order valence-electron chi connectivity index (χ0n) is 18.0. The largest absolute Gasteiger partial charge is 0.497 e. The average Bonchev–Trinajstić information content (AvgIpc) is 3.30. The zero-order chi connectivity index (χ0) is 22.6. The summed E-state index contributed by atoms with van der Waals surface area (Å²) in [5.74, 6) is 0.384. The van der Waals surface area contributed by atoms with Gasteiger partial charge in [0, 0.05) is 25.2 Å². The van der Waals surface area contributed by atoms with Crippen LogP contribution in [-0.4, -0.2) is 64.4 Å². The van der Waals surface area contributed by atoms with E-state index in [1.807, 2.05) is 43.3 Å². The van der Waals surface area contributed by atoms with E-state index in [0.717, 1.165) is 24.2 Å². The Hall–Kier alpha value is -2.13. The SMILES string of the molecule is COc1cccc([C@@H](CNC(=O)c2ccc(Cl)c(S(=O)(=O)N3CCCC3)c2)N(C)C)c1. The Morgan fingerprint density at radius 3 is 2.55 bits per heavy atom. The fraction of sp³-hybridized carbons (Fsp3) is 0.409. The van der Waals surface area contributed by atoms with Gasteiger partial charge in [-0.05, 0) is 62.8 Å². The molecule has 0 radical (unpaired) electrons. The topological polar surface area (TPSA) is 78.9 Å². The molecule has 168 valence electrons. The maximum Gasteiger partial charge on any atom is 0.251 e. The van der Waals surface area contributed by atoms with Crippen LogP contribution in [0.2, 0.25) is 5.02 Å². The van der Waals surface area contributed by atoms with Gasteiger partial charge in [-0.15, -0.1) is 0 Å². The Bertz CT molecular complexity index is 1040. The first-order valence-electron chi connectivity index (χ1n) is 10.1. The minimum absolute atomic E-state index is 0.0272. The van der Waals surface area contributed by atoms with E-state index in [-0.39, 0.29) is 27.4 Å². The minimum atomic E-state index is -3.72. The average molecular weight is 466 g/mol. The zero-order valence-corrected chi connectivity index (χ0v) is 19.5. The molecule has 3 rings (SSSR count). The first-order valence-corrected chi connectivity index (χ1v) is 11.9.